The highest BCUT2D eigenvalue weighted by Gasteiger charge is 2.23. The molecule has 0 N–H and O–H groups in total. The number of likely N-dealkylation sites (N-methyl/N-ethyl adjacent to an activating group) is 1. The second kappa shape index (κ2) is 10.0. The van der Waals surface area contributed by atoms with Crippen molar-refractivity contribution < 1.29 is 17.2 Å². The van der Waals surface area contributed by atoms with E-state index >= 15 is 0 Å². The third kappa shape index (κ3) is 4.88. The van der Waals surface area contributed by atoms with Crippen LogP contribution in [-0.2, 0) is 15.6 Å². The molecule has 0 amide bonds. The largest absolute Gasteiger partial charge is 0.471 e. The standard InChI is InChI=1S/C25H25ClFN5O3S/c1-2-30-9-11-31(12-10-30)20-5-3-4-18(14-20)23-15-32(29-28-23)25-22(27)7-6-19(24(25)26)17-36(33,34)21-8-13-35-16-21/h3-8,13-16H,2,9-12,17H2,1H3. The first-order chi connectivity index (χ1) is 17.4. The van der Waals surface area contributed by atoms with Crippen LogP contribution in [0.5, 0.6) is 0 Å². The van der Waals surface area contributed by atoms with E-state index in [0.29, 0.717) is 5.69 Å². The molecule has 1 aliphatic rings. The summed E-state index contributed by atoms with van der Waals surface area (Å²) < 4.78 is 46.3. The number of anilines is 1. The van der Waals surface area contributed by atoms with E-state index in [1.54, 1.807) is 6.20 Å². The van der Waals surface area contributed by atoms with Crippen LogP contribution in [0.2, 0.25) is 5.02 Å². The van der Waals surface area contributed by atoms with Crippen LogP contribution in [0.1, 0.15) is 12.5 Å². The van der Waals surface area contributed by atoms with E-state index in [2.05, 4.69) is 33.1 Å². The van der Waals surface area contributed by atoms with Gasteiger partial charge in [-0.25, -0.2) is 17.5 Å². The topological polar surface area (TPSA) is 84.5 Å². The zero-order valence-corrected chi connectivity index (χ0v) is 21.2. The quantitative estimate of drug-likeness (QED) is 0.350. The Kier molecular flexibility index (Phi) is 6.83. The first kappa shape index (κ1) is 24.5. The van der Waals surface area contributed by atoms with Crippen molar-refractivity contribution in [3.63, 3.8) is 0 Å². The minimum Gasteiger partial charge on any atom is -0.471 e. The number of aromatic nitrogens is 3. The minimum atomic E-state index is -3.72. The van der Waals surface area contributed by atoms with Crippen molar-refractivity contribution in [2.24, 2.45) is 0 Å². The van der Waals surface area contributed by atoms with Crippen LogP contribution >= 0.6 is 11.6 Å². The summed E-state index contributed by atoms with van der Waals surface area (Å²) in [6, 6.07) is 11.9. The average molecular weight is 530 g/mol. The highest BCUT2D eigenvalue weighted by molar-refractivity contribution is 7.90. The summed E-state index contributed by atoms with van der Waals surface area (Å²) in [5, 5.41) is 8.28. The summed E-state index contributed by atoms with van der Waals surface area (Å²) in [7, 11) is -3.72. The van der Waals surface area contributed by atoms with E-state index in [9.17, 15) is 12.8 Å². The maximum atomic E-state index is 14.9. The summed E-state index contributed by atoms with van der Waals surface area (Å²) in [4.78, 5) is 4.78. The second-order valence-corrected chi connectivity index (χ2v) is 11.0. The Labute approximate surface area is 213 Å². The molecule has 0 unspecified atom stereocenters. The molecular formula is C25H25ClFN5O3S. The fraction of sp³-hybridized carbons (Fsp3) is 0.280. The van der Waals surface area contributed by atoms with Gasteiger partial charge in [0.2, 0.25) is 0 Å². The van der Waals surface area contributed by atoms with Crippen molar-refractivity contribution in [1.82, 2.24) is 19.9 Å². The molecule has 1 aliphatic heterocycles. The van der Waals surface area contributed by atoms with Gasteiger partial charge in [-0.1, -0.05) is 41.9 Å². The molecule has 2 aromatic heterocycles. The van der Waals surface area contributed by atoms with Gasteiger partial charge in [0.1, 0.15) is 28.4 Å². The fourth-order valence-corrected chi connectivity index (χ4v) is 5.98. The van der Waals surface area contributed by atoms with Crippen molar-refractivity contribution in [3.8, 4) is 16.9 Å². The summed E-state index contributed by atoms with van der Waals surface area (Å²) in [5.74, 6) is -1.04. The maximum absolute atomic E-state index is 14.9. The van der Waals surface area contributed by atoms with E-state index in [-0.39, 0.29) is 21.2 Å². The average Bonchev–Trinajstić information content (AvgIpc) is 3.60. The molecule has 8 nitrogen and oxygen atoms in total. The number of rotatable bonds is 7. The van der Waals surface area contributed by atoms with Gasteiger partial charge in [-0.3, -0.25) is 0 Å². The van der Waals surface area contributed by atoms with Crippen molar-refractivity contribution in [1.29, 1.82) is 0 Å². The van der Waals surface area contributed by atoms with Crippen LogP contribution < -0.4 is 4.90 Å². The van der Waals surface area contributed by atoms with E-state index in [1.165, 1.54) is 29.1 Å². The Hall–Kier alpha value is -3.21. The summed E-state index contributed by atoms with van der Waals surface area (Å²) in [5.41, 5.74) is 2.68. The lowest BCUT2D eigenvalue weighted by atomic mass is 10.1. The number of piperazine rings is 1. The van der Waals surface area contributed by atoms with Crippen molar-refractivity contribution in [3.05, 3.63) is 77.6 Å². The van der Waals surface area contributed by atoms with Gasteiger partial charge in [0, 0.05) is 37.4 Å². The number of nitrogens with zero attached hydrogens (tertiary/aromatic N) is 5. The minimum absolute atomic E-state index is 0.0310. The predicted octanol–water partition coefficient (Wildman–Crippen LogP) is 4.44. The van der Waals surface area contributed by atoms with Gasteiger partial charge < -0.3 is 14.2 Å². The third-order valence-electron chi connectivity index (χ3n) is 6.40. The van der Waals surface area contributed by atoms with E-state index in [0.717, 1.165) is 50.2 Å². The van der Waals surface area contributed by atoms with Gasteiger partial charge in [0.25, 0.3) is 0 Å². The lowest BCUT2D eigenvalue weighted by Crippen LogP contribution is -2.46. The van der Waals surface area contributed by atoms with Gasteiger partial charge >= 0.3 is 0 Å². The Bertz CT molecular complexity index is 1460. The molecule has 0 atom stereocenters. The molecule has 5 rings (SSSR count). The highest BCUT2D eigenvalue weighted by Crippen LogP contribution is 2.31. The Balaban J connectivity index is 1.42. The van der Waals surface area contributed by atoms with Crippen LogP contribution in [0.25, 0.3) is 16.9 Å². The van der Waals surface area contributed by atoms with Crippen LogP contribution in [0.15, 0.2) is 70.5 Å². The SMILES string of the molecule is CCN1CCN(c2cccc(-c3cn(-c4c(F)ccc(CS(=O)(=O)c5ccoc5)c4Cl)nn3)c2)CC1. The molecule has 188 valence electrons. The van der Waals surface area contributed by atoms with E-state index < -0.39 is 21.4 Å². The summed E-state index contributed by atoms with van der Waals surface area (Å²) >= 11 is 6.49. The fourth-order valence-electron chi connectivity index (χ4n) is 4.31. The van der Waals surface area contributed by atoms with Gasteiger partial charge in [0.15, 0.2) is 9.84 Å². The van der Waals surface area contributed by atoms with Crippen molar-refractivity contribution >= 4 is 27.1 Å². The molecule has 0 aliphatic carbocycles. The Morgan fingerprint density at radius 1 is 1.11 bits per heavy atom. The number of hydrogen-bond acceptors (Lipinski definition) is 7. The normalized spacial score (nSPS) is 14.9. The molecule has 0 radical (unpaired) electrons. The van der Waals surface area contributed by atoms with Crippen LogP contribution in [0.4, 0.5) is 10.1 Å². The number of benzene rings is 2. The lowest BCUT2D eigenvalue weighted by Gasteiger charge is -2.35. The maximum Gasteiger partial charge on any atom is 0.185 e. The Morgan fingerprint density at radius 3 is 2.64 bits per heavy atom. The zero-order chi connectivity index (χ0) is 25.3. The molecule has 11 heteroatoms. The van der Waals surface area contributed by atoms with Gasteiger partial charge in [0.05, 0.1) is 23.2 Å². The smallest absolute Gasteiger partial charge is 0.185 e. The van der Waals surface area contributed by atoms with Crippen LogP contribution in [-0.4, -0.2) is 61.0 Å². The first-order valence-corrected chi connectivity index (χ1v) is 13.6. The van der Waals surface area contributed by atoms with E-state index in [1.807, 2.05) is 18.2 Å². The first-order valence-electron chi connectivity index (χ1n) is 11.6. The molecule has 0 saturated carbocycles. The molecule has 36 heavy (non-hydrogen) atoms. The zero-order valence-electron chi connectivity index (χ0n) is 19.6. The molecule has 1 fully saturated rings. The Morgan fingerprint density at radius 2 is 1.92 bits per heavy atom. The number of hydrogen-bond donors (Lipinski definition) is 0. The van der Waals surface area contributed by atoms with Gasteiger partial charge in [-0.2, -0.15) is 0 Å². The van der Waals surface area contributed by atoms with Crippen LogP contribution in [0.3, 0.4) is 0 Å². The second-order valence-electron chi connectivity index (χ2n) is 8.61. The number of halogens is 2. The summed E-state index contributed by atoms with van der Waals surface area (Å²) in [6.07, 6.45) is 4.02. The lowest BCUT2D eigenvalue weighted by molar-refractivity contribution is 0.271. The van der Waals surface area contributed by atoms with Gasteiger partial charge in [-0.15, -0.1) is 5.10 Å². The predicted molar refractivity (Wildman–Crippen MR) is 136 cm³/mol. The molecule has 3 heterocycles. The molecule has 0 spiro atoms. The summed E-state index contributed by atoms with van der Waals surface area (Å²) in [6.45, 7) is 7.14. The molecule has 2 aromatic carbocycles. The van der Waals surface area contributed by atoms with Crippen molar-refractivity contribution in [2.45, 2.75) is 17.6 Å². The number of sulfone groups is 1. The van der Waals surface area contributed by atoms with Crippen LogP contribution in [0, 0.1) is 5.82 Å². The highest BCUT2D eigenvalue weighted by atomic mass is 35.5. The number of furan rings is 1. The van der Waals surface area contributed by atoms with Crippen molar-refractivity contribution in [2.75, 3.05) is 37.6 Å². The molecule has 0 bridgehead atoms. The molecular weight excluding hydrogens is 505 g/mol. The monoisotopic (exact) mass is 529 g/mol. The molecule has 4 aromatic rings. The van der Waals surface area contributed by atoms with E-state index in [4.69, 9.17) is 16.0 Å². The molecule has 1 saturated heterocycles. The third-order valence-corrected chi connectivity index (χ3v) is 8.46. The van der Waals surface area contributed by atoms with Gasteiger partial charge in [-0.05, 0) is 36.4 Å².